The maximum atomic E-state index is 12.2. The van der Waals surface area contributed by atoms with Crippen LogP contribution in [-0.4, -0.2) is 32.6 Å². The maximum absolute atomic E-state index is 12.2. The highest BCUT2D eigenvalue weighted by atomic mass is 16.5. The molecule has 22 heavy (non-hydrogen) atoms. The van der Waals surface area contributed by atoms with Crippen LogP contribution in [0.15, 0.2) is 18.2 Å². The van der Waals surface area contributed by atoms with Crippen molar-refractivity contribution in [2.75, 3.05) is 26.1 Å². The van der Waals surface area contributed by atoms with Gasteiger partial charge in [0.1, 0.15) is 11.5 Å². The molecule has 2 unspecified atom stereocenters. The molecule has 1 aromatic carbocycles. The number of amides is 2. The molecule has 1 aliphatic carbocycles. The highest BCUT2D eigenvalue weighted by Crippen LogP contribution is 2.40. The van der Waals surface area contributed by atoms with E-state index in [1.165, 1.54) is 7.11 Å². The van der Waals surface area contributed by atoms with Crippen molar-refractivity contribution in [3.8, 4) is 11.5 Å². The molecule has 0 aliphatic heterocycles. The molecule has 0 heterocycles. The van der Waals surface area contributed by atoms with Gasteiger partial charge in [-0.1, -0.05) is 6.92 Å². The van der Waals surface area contributed by atoms with E-state index in [9.17, 15) is 9.59 Å². The average molecular weight is 306 g/mol. The van der Waals surface area contributed by atoms with Crippen LogP contribution in [0.25, 0.3) is 0 Å². The third kappa shape index (κ3) is 3.69. The van der Waals surface area contributed by atoms with Crippen LogP contribution in [0, 0.1) is 11.8 Å². The normalized spacial score (nSPS) is 19.2. The number of rotatable bonds is 7. The summed E-state index contributed by atoms with van der Waals surface area (Å²) in [5, 5.41) is 5.64. The van der Waals surface area contributed by atoms with Crippen LogP contribution in [0.1, 0.15) is 19.8 Å². The second-order valence-electron chi connectivity index (χ2n) is 5.30. The summed E-state index contributed by atoms with van der Waals surface area (Å²) in [4.78, 5) is 24.0. The summed E-state index contributed by atoms with van der Waals surface area (Å²) in [6.07, 6.45) is 1.48. The number of benzene rings is 1. The number of nitrogens with one attached hydrogen (secondary N) is 2. The van der Waals surface area contributed by atoms with Gasteiger partial charge in [0.05, 0.1) is 31.7 Å². The Morgan fingerprint density at radius 1 is 1.18 bits per heavy atom. The van der Waals surface area contributed by atoms with Gasteiger partial charge >= 0.3 is 0 Å². The smallest absolute Gasteiger partial charge is 0.228 e. The van der Waals surface area contributed by atoms with Crippen LogP contribution in [0.3, 0.4) is 0 Å². The fourth-order valence-corrected chi connectivity index (χ4v) is 2.28. The van der Waals surface area contributed by atoms with Crippen molar-refractivity contribution in [2.45, 2.75) is 19.8 Å². The highest BCUT2D eigenvalue weighted by molar-refractivity contribution is 6.00. The van der Waals surface area contributed by atoms with Gasteiger partial charge in [0.25, 0.3) is 0 Å². The minimum atomic E-state index is -0.260. The average Bonchev–Trinajstić information content (AvgIpc) is 3.33. The number of carbonyl (C=O) groups excluding carboxylic acids is 2. The van der Waals surface area contributed by atoms with Gasteiger partial charge in [0, 0.05) is 12.6 Å². The Labute approximate surface area is 130 Å². The quantitative estimate of drug-likeness (QED) is 0.805. The summed E-state index contributed by atoms with van der Waals surface area (Å²) in [6.45, 7) is 2.64. The van der Waals surface area contributed by atoms with Crippen molar-refractivity contribution < 1.29 is 19.1 Å². The first-order valence-corrected chi connectivity index (χ1v) is 7.41. The summed E-state index contributed by atoms with van der Waals surface area (Å²) in [5.41, 5.74) is 0.577. The second kappa shape index (κ2) is 7.15. The summed E-state index contributed by atoms with van der Waals surface area (Å²) >= 11 is 0. The van der Waals surface area contributed by atoms with Gasteiger partial charge in [0.2, 0.25) is 11.8 Å². The standard InChI is InChI=1S/C16H22N2O4/c1-4-7-17-15(19)11-9-12(11)16(20)18-13-6-5-10(21-2)8-14(13)22-3/h5-6,8,11-12H,4,7,9H2,1-3H3,(H,17,19)(H,18,20). The Kier molecular flexibility index (Phi) is 5.25. The Hall–Kier alpha value is -2.24. The van der Waals surface area contributed by atoms with Crippen molar-refractivity contribution in [1.29, 1.82) is 0 Å². The van der Waals surface area contributed by atoms with Crippen molar-refractivity contribution in [2.24, 2.45) is 11.8 Å². The number of hydrogen-bond acceptors (Lipinski definition) is 4. The molecule has 1 saturated carbocycles. The zero-order chi connectivity index (χ0) is 16.1. The second-order valence-corrected chi connectivity index (χ2v) is 5.30. The lowest BCUT2D eigenvalue weighted by Crippen LogP contribution is -2.28. The van der Waals surface area contributed by atoms with E-state index in [2.05, 4.69) is 10.6 Å². The van der Waals surface area contributed by atoms with E-state index in [-0.39, 0.29) is 23.7 Å². The predicted octanol–water partition coefficient (Wildman–Crippen LogP) is 1.80. The maximum Gasteiger partial charge on any atom is 0.228 e. The zero-order valence-corrected chi connectivity index (χ0v) is 13.1. The fourth-order valence-electron chi connectivity index (χ4n) is 2.28. The first-order valence-electron chi connectivity index (χ1n) is 7.41. The van der Waals surface area contributed by atoms with E-state index >= 15 is 0 Å². The number of carbonyl (C=O) groups is 2. The lowest BCUT2D eigenvalue weighted by Gasteiger charge is -2.11. The molecule has 2 rings (SSSR count). The molecule has 2 N–H and O–H groups in total. The minimum absolute atomic E-state index is 0.0382. The SMILES string of the molecule is CCCNC(=O)C1CC1C(=O)Nc1ccc(OC)cc1OC. The minimum Gasteiger partial charge on any atom is -0.497 e. The van der Waals surface area contributed by atoms with Gasteiger partial charge in [-0.25, -0.2) is 0 Å². The first kappa shape index (κ1) is 16.1. The summed E-state index contributed by atoms with van der Waals surface area (Å²) in [6, 6.07) is 5.18. The van der Waals surface area contributed by atoms with Gasteiger partial charge in [-0.15, -0.1) is 0 Å². The summed E-state index contributed by atoms with van der Waals surface area (Å²) in [5.74, 6) is 0.515. The zero-order valence-electron chi connectivity index (χ0n) is 13.1. The van der Waals surface area contributed by atoms with E-state index < -0.39 is 0 Å². The van der Waals surface area contributed by atoms with E-state index in [0.29, 0.717) is 30.2 Å². The van der Waals surface area contributed by atoms with Crippen molar-refractivity contribution >= 4 is 17.5 Å². The largest absolute Gasteiger partial charge is 0.497 e. The van der Waals surface area contributed by atoms with Gasteiger partial charge in [-0.3, -0.25) is 9.59 Å². The molecular weight excluding hydrogens is 284 g/mol. The molecule has 6 heteroatoms. The monoisotopic (exact) mass is 306 g/mol. The number of anilines is 1. The first-order chi connectivity index (χ1) is 10.6. The molecule has 2 atom stereocenters. The molecule has 6 nitrogen and oxygen atoms in total. The molecule has 2 amide bonds. The molecule has 1 aliphatic rings. The third-order valence-electron chi connectivity index (χ3n) is 3.68. The lowest BCUT2D eigenvalue weighted by atomic mass is 10.2. The molecule has 1 fully saturated rings. The van der Waals surface area contributed by atoms with Crippen LogP contribution < -0.4 is 20.1 Å². The van der Waals surface area contributed by atoms with Crippen molar-refractivity contribution in [3.05, 3.63) is 18.2 Å². The molecule has 0 radical (unpaired) electrons. The molecule has 0 saturated heterocycles. The van der Waals surface area contributed by atoms with Crippen LogP contribution in [0.2, 0.25) is 0 Å². The van der Waals surface area contributed by atoms with Gasteiger partial charge in [-0.2, -0.15) is 0 Å². The summed E-state index contributed by atoms with van der Waals surface area (Å²) < 4.78 is 10.4. The van der Waals surface area contributed by atoms with E-state index in [1.54, 1.807) is 25.3 Å². The highest BCUT2D eigenvalue weighted by Gasteiger charge is 2.47. The third-order valence-corrected chi connectivity index (χ3v) is 3.68. The van der Waals surface area contributed by atoms with Gasteiger partial charge < -0.3 is 20.1 Å². The van der Waals surface area contributed by atoms with E-state index in [1.807, 2.05) is 6.92 Å². The van der Waals surface area contributed by atoms with Gasteiger partial charge in [0.15, 0.2) is 0 Å². The van der Waals surface area contributed by atoms with Gasteiger partial charge in [-0.05, 0) is 25.0 Å². The molecular formula is C16H22N2O4. The fraction of sp³-hybridized carbons (Fsp3) is 0.500. The van der Waals surface area contributed by atoms with E-state index in [4.69, 9.17) is 9.47 Å². The van der Waals surface area contributed by atoms with E-state index in [0.717, 1.165) is 6.42 Å². The number of ether oxygens (including phenoxy) is 2. The van der Waals surface area contributed by atoms with Crippen LogP contribution >= 0.6 is 0 Å². The Morgan fingerprint density at radius 2 is 1.91 bits per heavy atom. The Balaban J connectivity index is 1.95. The van der Waals surface area contributed by atoms with Crippen molar-refractivity contribution in [3.63, 3.8) is 0 Å². The Morgan fingerprint density at radius 3 is 2.55 bits per heavy atom. The summed E-state index contributed by atoms with van der Waals surface area (Å²) in [7, 11) is 3.10. The number of methoxy groups -OCH3 is 2. The molecule has 0 spiro atoms. The topological polar surface area (TPSA) is 76.7 Å². The van der Waals surface area contributed by atoms with Crippen LogP contribution in [0.4, 0.5) is 5.69 Å². The van der Waals surface area contributed by atoms with Crippen LogP contribution in [-0.2, 0) is 9.59 Å². The van der Waals surface area contributed by atoms with Crippen LogP contribution in [0.5, 0.6) is 11.5 Å². The van der Waals surface area contributed by atoms with Crippen molar-refractivity contribution in [1.82, 2.24) is 5.32 Å². The number of hydrogen-bond donors (Lipinski definition) is 2. The molecule has 0 bridgehead atoms. The molecule has 120 valence electrons. The molecule has 1 aromatic rings. The predicted molar refractivity (Wildman–Crippen MR) is 83.1 cm³/mol. The molecule has 0 aromatic heterocycles. The lowest BCUT2D eigenvalue weighted by molar-refractivity contribution is -0.125. The Bertz CT molecular complexity index is 559.